The molecule has 2 atom stereocenters. The Balaban J connectivity index is 1.66. The second-order valence-electron chi connectivity index (χ2n) is 4.97. The van der Waals surface area contributed by atoms with E-state index in [0.29, 0.717) is 18.6 Å². The van der Waals surface area contributed by atoms with Crippen LogP contribution in [0.2, 0.25) is 0 Å². The van der Waals surface area contributed by atoms with E-state index in [0.717, 1.165) is 24.3 Å². The van der Waals surface area contributed by atoms with Gasteiger partial charge in [0, 0.05) is 12.4 Å². The Bertz CT molecular complexity index is 489. The van der Waals surface area contributed by atoms with Crippen LogP contribution in [0.1, 0.15) is 25.0 Å². The predicted molar refractivity (Wildman–Crippen MR) is 70.2 cm³/mol. The summed E-state index contributed by atoms with van der Waals surface area (Å²) in [5, 5.41) is 0. The fourth-order valence-corrected chi connectivity index (χ4v) is 2.74. The third-order valence-corrected chi connectivity index (χ3v) is 3.75. The van der Waals surface area contributed by atoms with Gasteiger partial charge in [-0.1, -0.05) is 12.5 Å². The highest BCUT2D eigenvalue weighted by Crippen LogP contribution is 2.28. The van der Waals surface area contributed by atoms with E-state index < -0.39 is 0 Å². The van der Waals surface area contributed by atoms with Crippen molar-refractivity contribution in [2.75, 3.05) is 6.54 Å². The minimum Gasteiger partial charge on any atom is -0.372 e. The van der Waals surface area contributed by atoms with Crippen molar-refractivity contribution in [3.05, 3.63) is 36.3 Å². The molecule has 4 nitrogen and oxygen atoms in total. The smallest absolute Gasteiger partial charge is 0.137 e. The first-order chi connectivity index (χ1) is 8.86. The first kappa shape index (κ1) is 11.7. The molecule has 2 unspecified atom stereocenters. The first-order valence-corrected chi connectivity index (χ1v) is 6.61. The summed E-state index contributed by atoms with van der Waals surface area (Å²) >= 11 is 0. The van der Waals surface area contributed by atoms with Crippen LogP contribution in [0.4, 0.5) is 0 Å². The van der Waals surface area contributed by atoms with Crippen LogP contribution in [0, 0.1) is 5.92 Å². The Kier molecular flexibility index (Phi) is 3.30. The monoisotopic (exact) mass is 245 g/mol. The lowest BCUT2D eigenvalue weighted by molar-refractivity contribution is 0.0168. The minimum absolute atomic E-state index is 0.319. The number of rotatable bonds is 4. The van der Waals surface area contributed by atoms with Gasteiger partial charge in [-0.2, -0.15) is 0 Å². The van der Waals surface area contributed by atoms with E-state index in [-0.39, 0.29) is 0 Å². The number of pyridine rings is 1. The fraction of sp³-hybridized carbons (Fsp3) is 0.500. The summed E-state index contributed by atoms with van der Waals surface area (Å²) in [5.74, 6) is 0.530. The highest BCUT2D eigenvalue weighted by atomic mass is 16.5. The normalized spacial score (nSPS) is 23.8. The molecule has 18 heavy (non-hydrogen) atoms. The average molecular weight is 245 g/mol. The number of fused-ring (bicyclic) bond motifs is 1. The van der Waals surface area contributed by atoms with Gasteiger partial charge in [0.15, 0.2) is 0 Å². The lowest BCUT2D eigenvalue weighted by atomic mass is 10.1. The van der Waals surface area contributed by atoms with Gasteiger partial charge in [0.1, 0.15) is 5.65 Å². The van der Waals surface area contributed by atoms with E-state index in [1.165, 1.54) is 12.8 Å². The van der Waals surface area contributed by atoms with Crippen molar-refractivity contribution in [2.45, 2.75) is 32.0 Å². The van der Waals surface area contributed by atoms with Crippen LogP contribution < -0.4 is 5.73 Å². The molecule has 1 aliphatic rings. The van der Waals surface area contributed by atoms with E-state index in [2.05, 4.69) is 4.98 Å². The van der Waals surface area contributed by atoms with Crippen LogP contribution in [-0.4, -0.2) is 22.0 Å². The highest BCUT2D eigenvalue weighted by Gasteiger charge is 2.26. The maximum Gasteiger partial charge on any atom is 0.137 e. The predicted octanol–water partition coefficient (Wildman–Crippen LogP) is 1.98. The van der Waals surface area contributed by atoms with Crippen molar-refractivity contribution in [2.24, 2.45) is 11.7 Å². The molecule has 1 fully saturated rings. The van der Waals surface area contributed by atoms with E-state index >= 15 is 0 Å². The molecule has 0 aliphatic heterocycles. The molecule has 2 aromatic heterocycles. The van der Waals surface area contributed by atoms with Crippen molar-refractivity contribution in [1.82, 2.24) is 9.38 Å². The molecular weight excluding hydrogens is 226 g/mol. The number of nitrogens with zero attached hydrogens (tertiary/aromatic N) is 2. The molecule has 3 rings (SSSR count). The fourth-order valence-electron chi connectivity index (χ4n) is 2.74. The summed E-state index contributed by atoms with van der Waals surface area (Å²) in [4.78, 5) is 4.53. The Labute approximate surface area is 107 Å². The quantitative estimate of drug-likeness (QED) is 0.896. The zero-order valence-electron chi connectivity index (χ0n) is 10.5. The Morgan fingerprint density at radius 1 is 1.39 bits per heavy atom. The molecule has 2 heterocycles. The number of aromatic nitrogens is 2. The molecule has 0 aromatic carbocycles. The van der Waals surface area contributed by atoms with Gasteiger partial charge in [-0.3, -0.25) is 0 Å². The number of hydrogen-bond acceptors (Lipinski definition) is 3. The Hall–Kier alpha value is -1.39. The van der Waals surface area contributed by atoms with Gasteiger partial charge in [-0.25, -0.2) is 4.98 Å². The SMILES string of the molecule is NCC1CCCC1OCc1cn2ccccc2n1. The first-order valence-electron chi connectivity index (χ1n) is 6.61. The van der Waals surface area contributed by atoms with Gasteiger partial charge >= 0.3 is 0 Å². The molecule has 0 saturated heterocycles. The Morgan fingerprint density at radius 2 is 2.33 bits per heavy atom. The molecule has 1 saturated carbocycles. The summed E-state index contributed by atoms with van der Waals surface area (Å²) in [6.07, 6.45) is 7.92. The Morgan fingerprint density at radius 3 is 3.17 bits per heavy atom. The van der Waals surface area contributed by atoms with Crippen molar-refractivity contribution in [3.63, 3.8) is 0 Å². The van der Waals surface area contributed by atoms with E-state index in [1.807, 2.05) is 35.0 Å². The molecular formula is C14H19N3O. The van der Waals surface area contributed by atoms with Gasteiger partial charge in [-0.15, -0.1) is 0 Å². The topological polar surface area (TPSA) is 52.5 Å². The van der Waals surface area contributed by atoms with Crippen molar-refractivity contribution >= 4 is 5.65 Å². The lowest BCUT2D eigenvalue weighted by Crippen LogP contribution is -2.25. The van der Waals surface area contributed by atoms with Gasteiger partial charge in [-0.05, 0) is 37.4 Å². The van der Waals surface area contributed by atoms with E-state index in [9.17, 15) is 0 Å². The third-order valence-electron chi connectivity index (χ3n) is 3.75. The van der Waals surface area contributed by atoms with Crippen LogP contribution in [0.5, 0.6) is 0 Å². The van der Waals surface area contributed by atoms with Crippen LogP contribution in [0.3, 0.4) is 0 Å². The maximum atomic E-state index is 5.97. The molecule has 0 bridgehead atoms. The van der Waals surface area contributed by atoms with Crippen LogP contribution in [0.25, 0.3) is 5.65 Å². The van der Waals surface area contributed by atoms with Crippen molar-refractivity contribution in [3.8, 4) is 0 Å². The lowest BCUT2D eigenvalue weighted by Gasteiger charge is -2.17. The molecule has 0 radical (unpaired) electrons. The molecule has 2 N–H and O–H groups in total. The molecule has 96 valence electrons. The number of ether oxygens (including phenoxy) is 1. The summed E-state index contributed by atoms with van der Waals surface area (Å²) in [5.41, 5.74) is 7.71. The summed E-state index contributed by atoms with van der Waals surface area (Å²) in [6.45, 7) is 1.32. The number of imidazole rings is 1. The van der Waals surface area contributed by atoms with E-state index in [1.54, 1.807) is 0 Å². The summed E-state index contributed by atoms with van der Waals surface area (Å²) in [6, 6.07) is 6.00. The second kappa shape index (κ2) is 5.08. The van der Waals surface area contributed by atoms with Gasteiger partial charge in [0.25, 0.3) is 0 Å². The molecule has 4 heteroatoms. The molecule has 0 amide bonds. The summed E-state index contributed by atoms with van der Waals surface area (Å²) in [7, 11) is 0. The standard InChI is InChI=1S/C14H19N3O/c15-8-11-4-3-5-13(11)18-10-12-9-17-7-2-1-6-14(17)16-12/h1-2,6-7,9,11,13H,3-5,8,10,15H2. The van der Waals surface area contributed by atoms with Crippen molar-refractivity contribution < 1.29 is 4.74 Å². The maximum absolute atomic E-state index is 5.97. The zero-order valence-corrected chi connectivity index (χ0v) is 10.5. The van der Waals surface area contributed by atoms with Crippen LogP contribution in [-0.2, 0) is 11.3 Å². The van der Waals surface area contributed by atoms with E-state index in [4.69, 9.17) is 10.5 Å². The number of hydrogen-bond donors (Lipinski definition) is 1. The van der Waals surface area contributed by atoms with Crippen LogP contribution in [0.15, 0.2) is 30.6 Å². The third kappa shape index (κ3) is 2.26. The largest absolute Gasteiger partial charge is 0.372 e. The minimum atomic E-state index is 0.319. The highest BCUT2D eigenvalue weighted by molar-refractivity contribution is 5.39. The summed E-state index contributed by atoms with van der Waals surface area (Å²) < 4.78 is 7.99. The average Bonchev–Trinajstić information content (AvgIpc) is 3.01. The zero-order chi connectivity index (χ0) is 12.4. The van der Waals surface area contributed by atoms with Gasteiger partial charge in [0.2, 0.25) is 0 Å². The molecule has 0 spiro atoms. The number of nitrogens with two attached hydrogens (primary N) is 1. The van der Waals surface area contributed by atoms with Crippen molar-refractivity contribution in [1.29, 1.82) is 0 Å². The molecule has 1 aliphatic carbocycles. The van der Waals surface area contributed by atoms with Gasteiger partial charge in [0.05, 0.1) is 18.4 Å². The van der Waals surface area contributed by atoms with Crippen LogP contribution >= 0.6 is 0 Å². The second-order valence-corrected chi connectivity index (χ2v) is 4.97. The molecule has 2 aromatic rings. The van der Waals surface area contributed by atoms with Gasteiger partial charge < -0.3 is 14.9 Å².